The maximum atomic E-state index is 9.58. The van der Waals surface area contributed by atoms with Crippen molar-refractivity contribution in [2.75, 3.05) is 44.7 Å². The summed E-state index contributed by atoms with van der Waals surface area (Å²) in [6.45, 7) is 2.88. The maximum Gasteiger partial charge on any atom is 0.227 e. The van der Waals surface area contributed by atoms with E-state index in [0.29, 0.717) is 29.0 Å². The first-order valence-corrected chi connectivity index (χ1v) is 8.89. The molecule has 1 aromatic carbocycles. The number of rotatable bonds is 7. The Morgan fingerprint density at radius 2 is 1.81 bits per heavy atom. The number of ether oxygens (including phenoxy) is 3. The van der Waals surface area contributed by atoms with Crippen molar-refractivity contribution in [2.45, 2.75) is 25.8 Å². The molecule has 2 heterocycles. The van der Waals surface area contributed by atoms with Gasteiger partial charge < -0.3 is 29.5 Å². The van der Waals surface area contributed by atoms with Gasteiger partial charge in [-0.05, 0) is 19.8 Å². The molecule has 0 spiro atoms. The van der Waals surface area contributed by atoms with E-state index in [0.717, 1.165) is 30.8 Å². The zero-order valence-corrected chi connectivity index (χ0v) is 16.2. The molecule has 1 aliphatic heterocycles. The number of benzene rings is 1. The average molecular weight is 374 g/mol. The number of aromatic nitrogens is 2. The first kappa shape index (κ1) is 19.0. The highest BCUT2D eigenvalue weighted by Gasteiger charge is 2.26. The largest absolute Gasteiger partial charge is 0.493 e. The van der Waals surface area contributed by atoms with Crippen LogP contribution in [-0.2, 0) is 0 Å². The van der Waals surface area contributed by atoms with Gasteiger partial charge in [0.2, 0.25) is 11.7 Å². The second kappa shape index (κ2) is 8.30. The lowest BCUT2D eigenvalue weighted by molar-refractivity contribution is 0.265. The van der Waals surface area contributed by atoms with Crippen LogP contribution in [0.15, 0.2) is 18.2 Å². The summed E-state index contributed by atoms with van der Waals surface area (Å²) in [6.07, 6.45) is 1.97. The molecule has 2 N–H and O–H groups in total. The molecule has 146 valence electrons. The van der Waals surface area contributed by atoms with Crippen LogP contribution in [0, 0.1) is 6.92 Å². The van der Waals surface area contributed by atoms with Crippen molar-refractivity contribution in [2.24, 2.45) is 0 Å². The molecular formula is C19H26N4O4. The molecule has 0 amide bonds. The predicted molar refractivity (Wildman–Crippen MR) is 104 cm³/mol. The van der Waals surface area contributed by atoms with Gasteiger partial charge in [0.05, 0.1) is 34.0 Å². The number of anilines is 3. The number of hydrogen-bond donors (Lipinski definition) is 2. The number of hydrogen-bond acceptors (Lipinski definition) is 8. The number of aliphatic hydroxyl groups excluding tert-OH is 1. The molecule has 0 bridgehead atoms. The molecule has 3 rings (SSSR count). The van der Waals surface area contributed by atoms with Crippen LogP contribution in [0.3, 0.4) is 0 Å². The van der Waals surface area contributed by atoms with Crippen LogP contribution in [0.2, 0.25) is 0 Å². The number of methoxy groups -OCH3 is 3. The summed E-state index contributed by atoms with van der Waals surface area (Å²) < 4.78 is 16.2. The average Bonchev–Trinajstić information content (AvgIpc) is 3.15. The summed E-state index contributed by atoms with van der Waals surface area (Å²) in [5.74, 6) is 2.94. The van der Waals surface area contributed by atoms with Gasteiger partial charge in [0.25, 0.3) is 0 Å². The number of nitrogens with zero attached hydrogens (tertiary/aromatic N) is 3. The molecule has 1 aromatic heterocycles. The van der Waals surface area contributed by atoms with Crippen molar-refractivity contribution >= 4 is 17.5 Å². The predicted octanol–water partition coefficient (Wildman–Crippen LogP) is 2.52. The van der Waals surface area contributed by atoms with E-state index in [-0.39, 0.29) is 12.6 Å². The monoisotopic (exact) mass is 374 g/mol. The summed E-state index contributed by atoms with van der Waals surface area (Å²) in [4.78, 5) is 11.3. The highest BCUT2D eigenvalue weighted by atomic mass is 16.5. The molecule has 1 aliphatic rings. The van der Waals surface area contributed by atoms with Crippen molar-refractivity contribution in [3.8, 4) is 17.2 Å². The van der Waals surface area contributed by atoms with Crippen LogP contribution >= 0.6 is 0 Å². The molecule has 8 nitrogen and oxygen atoms in total. The fraction of sp³-hybridized carbons (Fsp3) is 0.474. The lowest BCUT2D eigenvalue weighted by Gasteiger charge is -2.23. The fourth-order valence-corrected chi connectivity index (χ4v) is 3.34. The van der Waals surface area contributed by atoms with Gasteiger partial charge in [0.15, 0.2) is 11.5 Å². The number of nitrogens with one attached hydrogen (secondary N) is 1. The van der Waals surface area contributed by atoms with Crippen LogP contribution in [0.5, 0.6) is 17.2 Å². The minimum absolute atomic E-state index is 0.0702. The Morgan fingerprint density at radius 3 is 2.41 bits per heavy atom. The van der Waals surface area contributed by atoms with Gasteiger partial charge in [0, 0.05) is 36.1 Å². The Bertz CT molecular complexity index is 774. The topological polar surface area (TPSA) is 89.0 Å². The quantitative estimate of drug-likeness (QED) is 0.764. The van der Waals surface area contributed by atoms with Crippen LogP contribution in [0.1, 0.15) is 18.5 Å². The molecule has 0 aliphatic carbocycles. The van der Waals surface area contributed by atoms with Crippen molar-refractivity contribution < 1.29 is 19.3 Å². The first-order valence-electron chi connectivity index (χ1n) is 8.89. The Morgan fingerprint density at radius 1 is 1.11 bits per heavy atom. The van der Waals surface area contributed by atoms with E-state index in [1.165, 1.54) is 0 Å². The molecule has 1 fully saturated rings. The Labute approximate surface area is 159 Å². The van der Waals surface area contributed by atoms with Crippen molar-refractivity contribution in [3.63, 3.8) is 0 Å². The van der Waals surface area contributed by atoms with E-state index in [9.17, 15) is 5.11 Å². The Hall–Kier alpha value is -2.74. The molecule has 1 saturated heterocycles. The third-order valence-corrected chi connectivity index (χ3v) is 4.62. The van der Waals surface area contributed by atoms with Crippen LogP contribution in [0.4, 0.5) is 17.5 Å². The van der Waals surface area contributed by atoms with E-state index in [1.54, 1.807) is 21.3 Å². The zero-order chi connectivity index (χ0) is 19.4. The van der Waals surface area contributed by atoms with Crippen molar-refractivity contribution in [1.29, 1.82) is 0 Å². The van der Waals surface area contributed by atoms with Gasteiger partial charge >= 0.3 is 0 Å². The van der Waals surface area contributed by atoms with Crippen LogP contribution in [0.25, 0.3) is 0 Å². The van der Waals surface area contributed by atoms with Crippen LogP contribution in [-0.4, -0.2) is 55.6 Å². The van der Waals surface area contributed by atoms with Gasteiger partial charge in [-0.2, -0.15) is 4.98 Å². The minimum atomic E-state index is 0.0702. The fourth-order valence-electron chi connectivity index (χ4n) is 3.34. The number of aryl methyl sites for hydroxylation is 1. The number of aliphatic hydroxyl groups is 1. The molecular weight excluding hydrogens is 348 g/mol. The lowest BCUT2D eigenvalue weighted by Crippen LogP contribution is -2.33. The second-order valence-corrected chi connectivity index (χ2v) is 6.41. The standard InChI is InChI=1S/C19H26N4O4/c1-12-8-17(22-19(20-12)23-7-5-6-14(23)11-24)21-13-9-15(25-2)18(27-4)16(10-13)26-3/h8-10,14,24H,5-7,11H2,1-4H3,(H,20,21,22). The Kier molecular flexibility index (Phi) is 5.85. The summed E-state index contributed by atoms with van der Waals surface area (Å²) in [7, 11) is 4.73. The lowest BCUT2D eigenvalue weighted by atomic mass is 10.2. The molecule has 0 radical (unpaired) electrons. The van der Waals surface area contributed by atoms with E-state index in [4.69, 9.17) is 14.2 Å². The molecule has 1 atom stereocenters. The van der Waals surface area contributed by atoms with E-state index < -0.39 is 0 Å². The summed E-state index contributed by atoms with van der Waals surface area (Å²) in [5, 5.41) is 12.9. The van der Waals surface area contributed by atoms with Gasteiger partial charge in [-0.15, -0.1) is 0 Å². The smallest absolute Gasteiger partial charge is 0.227 e. The third kappa shape index (κ3) is 4.00. The molecule has 0 saturated carbocycles. The van der Waals surface area contributed by atoms with E-state index in [2.05, 4.69) is 20.2 Å². The third-order valence-electron chi connectivity index (χ3n) is 4.62. The minimum Gasteiger partial charge on any atom is -0.493 e. The normalized spacial score (nSPS) is 16.3. The highest BCUT2D eigenvalue weighted by Crippen LogP contribution is 2.40. The summed E-state index contributed by atoms with van der Waals surface area (Å²) in [5.41, 5.74) is 1.60. The van der Waals surface area contributed by atoms with Crippen molar-refractivity contribution in [3.05, 3.63) is 23.9 Å². The van der Waals surface area contributed by atoms with E-state index >= 15 is 0 Å². The van der Waals surface area contributed by atoms with Gasteiger partial charge in [-0.25, -0.2) is 4.98 Å². The van der Waals surface area contributed by atoms with Gasteiger partial charge in [-0.3, -0.25) is 0 Å². The van der Waals surface area contributed by atoms with Crippen LogP contribution < -0.4 is 24.4 Å². The Balaban J connectivity index is 1.92. The molecule has 2 aromatic rings. The summed E-state index contributed by atoms with van der Waals surface area (Å²) >= 11 is 0. The maximum absolute atomic E-state index is 9.58. The highest BCUT2D eigenvalue weighted by molar-refractivity contribution is 5.67. The summed E-state index contributed by atoms with van der Waals surface area (Å²) in [6, 6.07) is 5.59. The second-order valence-electron chi connectivity index (χ2n) is 6.41. The van der Waals surface area contributed by atoms with Gasteiger partial charge in [-0.1, -0.05) is 0 Å². The molecule has 1 unspecified atom stereocenters. The first-order chi connectivity index (χ1) is 13.1. The van der Waals surface area contributed by atoms with E-state index in [1.807, 2.05) is 25.1 Å². The molecule has 8 heteroatoms. The molecule has 27 heavy (non-hydrogen) atoms. The zero-order valence-electron chi connectivity index (χ0n) is 16.2. The van der Waals surface area contributed by atoms with Crippen molar-refractivity contribution in [1.82, 2.24) is 9.97 Å². The SMILES string of the molecule is COc1cc(Nc2cc(C)nc(N3CCCC3CO)n2)cc(OC)c1OC. The van der Waals surface area contributed by atoms with Gasteiger partial charge in [0.1, 0.15) is 5.82 Å².